The van der Waals surface area contributed by atoms with E-state index in [0.29, 0.717) is 11.7 Å². The lowest BCUT2D eigenvalue weighted by atomic mass is 9.92. The molecule has 1 aromatic carbocycles. The Bertz CT molecular complexity index is 361. The van der Waals surface area contributed by atoms with Crippen LogP contribution in [0.25, 0.3) is 0 Å². The van der Waals surface area contributed by atoms with E-state index < -0.39 is 0 Å². The minimum Gasteiger partial charge on any atom is -0.494 e. The lowest BCUT2D eigenvalue weighted by Gasteiger charge is -2.22. The van der Waals surface area contributed by atoms with Crippen molar-refractivity contribution in [3.05, 3.63) is 29.6 Å². The largest absolute Gasteiger partial charge is 0.494 e. The van der Waals surface area contributed by atoms with Crippen LogP contribution >= 0.6 is 0 Å². The monoisotopic (exact) mass is 237 g/mol. The number of aryl methyl sites for hydroxylation is 1. The van der Waals surface area contributed by atoms with Crippen LogP contribution < -0.4 is 10.1 Å². The Hall–Kier alpha value is -1.09. The molecule has 0 aromatic heterocycles. The molecule has 0 spiro atoms. The molecule has 17 heavy (non-hydrogen) atoms. The molecule has 1 unspecified atom stereocenters. The normalized spacial score (nSPS) is 20.2. The van der Waals surface area contributed by atoms with E-state index in [1.165, 1.54) is 20.0 Å². The summed E-state index contributed by atoms with van der Waals surface area (Å²) in [5.74, 6) is 0.845. The summed E-state index contributed by atoms with van der Waals surface area (Å²) in [6.45, 7) is 2.20. The van der Waals surface area contributed by atoms with Gasteiger partial charge in [0, 0.05) is 0 Å². The van der Waals surface area contributed by atoms with Crippen LogP contribution in [0, 0.1) is 11.7 Å². The predicted molar refractivity (Wildman–Crippen MR) is 66.9 cm³/mol. The van der Waals surface area contributed by atoms with Crippen LogP contribution in [0.2, 0.25) is 0 Å². The van der Waals surface area contributed by atoms with Crippen LogP contribution in [0.15, 0.2) is 18.2 Å². The van der Waals surface area contributed by atoms with Gasteiger partial charge in [0.2, 0.25) is 0 Å². The van der Waals surface area contributed by atoms with Crippen molar-refractivity contribution in [2.24, 2.45) is 5.92 Å². The highest BCUT2D eigenvalue weighted by Gasteiger charge is 2.14. The van der Waals surface area contributed by atoms with E-state index in [9.17, 15) is 4.39 Å². The Morgan fingerprint density at radius 1 is 1.47 bits per heavy atom. The van der Waals surface area contributed by atoms with Crippen LogP contribution in [0.5, 0.6) is 5.75 Å². The second kappa shape index (κ2) is 6.01. The number of rotatable bonds is 4. The first kappa shape index (κ1) is 12.4. The van der Waals surface area contributed by atoms with E-state index in [-0.39, 0.29) is 5.82 Å². The summed E-state index contributed by atoms with van der Waals surface area (Å²) in [5.41, 5.74) is 0.773. The Kier molecular flexibility index (Phi) is 4.37. The molecule has 3 heteroatoms. The van der Waals surface area contributed by atoms with Crippen molar-refractivity contribution < 1.29 is 9.13 Å². The average molecular weight is 237 g/mol. The standard InChI is InChI=1S/C14H20FNO/c1-17-13-6-2-5-12(14(13)15)8-7-11-4-3-9-16-10-11/h2,5-6,11,16H,3-4,7-10H2,1H3. The number of benzene rings is 1. The highest BCUT2D eigenvalue weighted by atomic mass is 19.1. The molecule has 2 rings (SSSR count). The number of hydrogen-bond donors (Lipinski definition) is 1. The molecule has 1 N–H and O–H groups in total. The number of halogens is 1. The fourth-order valence-corrected chi connectivity index (χ4v) is 2.44. The predicted octanol–water partition coefficient (Wildman–Crippen LogP) is 2.77. The molecule has 1 aromatic rings. The summed E-state index contributed by atoms with van der Waals surface area (Å²) in [7, 11) is 1.51. The summed E-state index contributed by atoms with van der Waals surface area (Å²) >= 11 is 0. The molecule has 0 radical (unpaired) electrons. The molecule has 1 saturated heterocycles. The molecule has 2 nitrogen and oxygen atoms in total. The van der Waals surface area contributed by atoms with E-state index in [0.717, 1.165) is 31.5 Å². The van der Waals surface area contributed by atoms with Crippen LogP contribution in [-0.2, 0) is 6.42 Å². The van der Waals surface area contributed by atoms with Gasteiger partial charge in [-0.1, -0.05) is 12.1 Å². The smallest absolute Gasteiger partial charge is 0.168 e. The summed E-state index contributed by atoms with van der Waals surface area (Å²) in [6, 6.07) is 5.38. The lowest BCUT2D eigenvalue weighted by Crippen LogP contribution is -2.29. The first-order valence-corrected chi connectivity index (χ1v) is 6.33. The number of hydrogen-bond acceptors (Lipinski definition) is 2. The van der Waals surface area contributed by atoms with Gasteiger partial charge in [0.05, 0.1) is 7.11 Å². The fraction of sp³-hybridized carbons (Fsp3) is 0.571. The Morgan fingerprint density at radius 2 is 2.35 bits per heavy atom. The molecular weight excluding hydrogens is 217 g/mol. The summed E-state index contributed by atoms with van der Waals surface area (Å²) in [5, 5.41) is 3.39. The fourth-order valence-electron chi connectivity index (χ4n) is 2.44. The zero-order valence-corrected chi connectivity index (χ0v) is 10.3. The number of piperidine rings is 1. The van der Waals surface area contributed by atoms with Gasteiger partial charge in [0.25, 0.3) is 0 Å². The summed E-state index contributed by atoms with van der Waals surface area (Å²) < 4.78 is 18.9. The van der Waals surface area contributed by atoms with E-state index in [1.54, 1.807) is 6.07 Å². The third-order valence-electron chi connectivity index (χ3n) is 3.48. The first-order chi connectivity index (χ1) is 8.31. The molecular formula is C14H20FNO. The molecule has 0 saturated carbocycles. The minimum atomic E-state index is -0.196. The Balaban J connectivity index is 1.93. The van der Waals surface area contributed by atoms with Crippen molar-refractivity contribution in [3.63, 3.8) is 0 Å². The van der Waals surface area contributed by atoms with Gasteiger partial charge >= 0.3 is 0 Å². The van der Waals surface area contributed by atoms with Crippen LogP contribution in [0.1, 0.15) is 24.8 Å². The maximum atomic E-state index is 13.9. The van der Waals surface area contributed by atoms with Gasteiger partial charge in [-0.15, -0.1) is 0 Å². The number of ether oxygens (including phenoxy) is 1. The zero-order valence-electron chi connectivity index (χ0n) is 10.3. The van der Waals surface area contributed by atoms with Gasteiger partial charge in [0.15, 0.2) is 11.6 Å². The molecule has 1 atom stereocenters. The summed E-state index contributed by atoms with van der Waals surface area (Å²) in [6.07, 6.45) is 4.36. The van der Waals surface area contributed by atoms with Gasteiger partial charge in [-0.25, -0.2) is 4.39 Å². The topological polar surface area (TPSA) is 21.3 Å². The Labute approximate surface area is 102 Å². The number of methoxy groups -OCH3 is 1. The third kappa shape index (κ3) is 3.19. The van der Waals surface area contributed by atoms with Crippen molar-refractivity contribution in [2.45, 2.75) is 25.7 Å². The maximum Gasteiger partial charge on any atom is 0.168 e. The molecule has 1 aliphatic heterocycles. The van der Waals surface area contributed by atoms with Gasteiger partial charge in [-0.2, -0.15) is 0 Å². The quantitative estimate of drug-likeness (QED) is 0.869. The zero-order chi connectivity index (χ0) is 12.1. The van der Waals surface area contributed by atoms with Crippen LogP contribution in [-0.4, -0.2) is 20.2 Å². The van der Waals surface area contributed by atoms with Gasteiger partial charge in [-0.3, -0.25) is 0 Å². The van der Waals surface area contributed by atoms with Crippen molar-refractivity contribution in [3.8, 4) is 5.75 Å². The van der Waals surface area contributed by atoms with E-state index in [1.807, 2.05) is 12.1 Å². The minimum absolute atomic E-state index is 0.196. The first-order valence-electron chi connectivity index (χ1n) is 6.33. The van der Waals surface area contributed by atoms with E-state index in [4.69, 9.17) is 4.74 Å². The van der Waals surface area contributed by atoms with Crippen molar-refractivity contribution in [1.29, 1.82) is 0 Å². The molecule has 0 bridgehead atoms. The highest BCUT2D eigenvalue weighted by Crippen LogP contribution is 2.23. The maximum absolute atomic E-state index is 13.9. The van der Waals surface area contributed by atoms with Gasteiger partial charge in [-0.05, 0) is 56.3 Å². The second-order valence-corrected chi connectivity index (χ2v) is 4.68. The van der Waals surface area contributed by atoms with E-state index in [2.05, 4.69) is 5.32 Å². The number of nitrogens with one attached hydrogen (secondary N) is 1. The van der Waals surface area contributed by atoms with Crippen molar-refractivity contribution in [1.82, 2.24) is 5.32 Å². The molecule has 94 valence electrons. The molecule has 0 amide bonds. The van der Waals surface area contributed by atoms with Gasteiger partial charge < -0.3 is 10.1 Å². The molecule has 1 aliphatic rings. The molecule has 1 heterocycles. The highest BCUT2D eigenvalue weighted by molar-refractivity contribution is 5.31. The van der Waals surface area contributed by atoms with Crippen LogP contribution in [0.3, 0.4) is 0 Å². The SMILES string of the molecule is COc1cccc(CCC2CCCNC2)c1F. The molecule has 1 fully saturated rings. The van der Waals surface area contributed by atoms with Crippen molar-refractivity contribution in [2.75, 3.05) is 20.2 Å². The van der Waals surface area contributed by atoms with Crippen LogP contribution in [0.4, 0.5) is 4.39 Å². The second-order valence-electron chi connectivity index (χ2n) is 4.68. The Morgan fingerprint density at radius 3 is 3.06 bits per heavy atom. The molecule has 0 aliphatic carbocycles. The van der Waals surface area contributed by atoms with Gasteiger partial charge in [0.1, 0.15) is 0 Å². The third-order valence-corrected chi connectivity index (χ3v) is 3.48. The lowest BCUT2D eigenvalue weighted by molar-refractivity contribution is 0.353. The van der Waals surface area contributed by atoms with Crippen molar-refractivity contribution >= 4 is 0 Å². The van der Waals surface area contributed by atoms with E-state index >= 15 is 0 Å². The average Bonchev–Trinajstić information content (AvgIpc) is 2.39. The summed E-state index contributed by atoms with van der Waals surface area (Å²) in [4.78, 5) is 0.